The Morgan fingerprint density at radius 1 is 0.920 bits per heavy atom. The Hall–Kier alpha value is -3.32. The van der Waals surface area contributed by atoms with Crippen molar-refractivity contribution in [2.45, 2.75) is 6.92 Å². The van der Waals surface area contributed by atoms with Crippen LogP contribution in [-0.4, -0.2) is 19.2 Å². The third kappa shape index (κ3) is 3.31. The lowest BCUT2D eigenvalue weighted by molar-refractivity contribution is 0.397. The van der Waals surface area contributed by atoms with Crippen LogP contribution in [-0.2, 0) is 0 Å². The average molecular weight is 330 g/mol. The van der Waals surface area contributed by atoms with E-state index in [4.69, 9.17) is 9.47 Å². The Labute approximate surface area is 147 Å². The molecule has 4 nitrogen and oxygen atoms in total. The maximum Gasteiger partial charge on any atom is 0.232 e. The molecule has 0 unspecified atom stereocenters. The van der Waals surface area contributed by atoms with Crippen molar-refractivity contribution >= 4 is 0 Å². The summed E-state index contributed by atoms with van der Waals surface area (Å²) in [5, 5.41) is 9.60. The largest absolute Gasteiger partial charge is 0.497 e. The molecule has 3 rings (SSSR count). The van der Waals surface area contributed by atoms with E-state index in [9.17, 15) is 5.26 Å². The molecule has 3 aromatic rings. The SMILES string of the molecule is COc1cccc(-c2cc(-c3ccc(C)cc3)c(C#N)c(OC)n2)c1. The summed E-state index contributed by atoms with van der Waals surface area (Å²) in [5.41, 5.74) is 4.97. The Morgan fingerprint density at radius 3 is 2.32 bits per heavy atom. The van der Waals surface area contributed by atoms with Crippen LogP contribution < -0.4 is 9.47 Å². The zero-order valence-electron chi connectivity index (χ0n) is 14.4. The van der Waals surface area contributed by atoms with Crippen LogP contribution in [0.5, 0.6) is 11.6 Å². The summed E-state index contributed by atoms with van der Waals surface area (Å²) in [7, 11) is 3.15. The van der Waals surface area contributed by atoms with Crippen LogP contribution in [0.25, 0.3) is 22.4 Å². The van der Waals surface area contributed by atoms with E-state index in [-0.39, 0.29) is 0 Å². The van der Waals surface area contributed by atoms with Crippen LogP contribution in [0.2, 0.25) is 0 Å². The number of ether oxygens (including phenoxy) is 2. The lowest BCUT2D eigenvalue weighted by Crippen LogP contribution is -1.98. The van der Waals surface area contributed by atoms with Crippen molar-refractivity contribution in [3.8, 4) is 40.1 Å². The molecule has 4 heteroatoms. The van der Waals surface area contributed by atoms with E-state index in [1.807, 2.05) is 61.5 Å². The summed E-state index contributed by atoms with van der Waals surface area (Å²) in [4.78, 5) is 4.51. The Balaban J connectivity index is 2.23. The van der Waals surface area contributed by atoms with Crippen LogP contribution >= 0.6 is 0 Å². The number of nitriles is 1. The molecular formula is C21H18N2O2. The molecule has 0 aliphatic rings. The number of methoxy groups -OCH3 is 2. The smallest absolute Gasteiger partial charge is 0.232 e. The molecule has 0 amide bonds. The van der Waals surface area contributed by atoms with E-state index in [0.29, 0.717) is 11.4 Å². The first-order valence-electron chi connectivity index (χ1n) is 7.87. The second-order valence-corrected chi connectivity index (χ2v) is 5.65. The van der Waals surface area contributed by atoms with Crippen molar-refractivity contribution in [1.82, 2.24) is 4.98 Å². The zero-order valence-corrected chi connectivity index (χ0v) is 14.4. The van der Waals surface area contributed by atoms with Crippen LogP contribution in [0.3, 0.4) is 0 Å². The molecule has 0 radical (unpaired) electrons. The van der Waals surface area contributed by atoms with E-state index in [1.54, 1.807) is 7.11 Å². The second kappa shape index (κ2) is 7.06. The van der Waals surface area contributed by atoms with Gasteiger partial charge >= 0.3 is 0 Å². The Morgan fingerprint density at radius 2 is 1.68 bits per heavy atom. The molecule has 0 saturated carbocycles. The number of rotatable bonds is 4. The minimum Gasteiger partial charge on any atom is -0.497 e. The van der Waals surface area contributed by atoms with Crippen LogP contribution in [0.15, 0.2) is 54.6 Å². The predicted octanol–water partition coefficient (Wildman–Crippen LogP) is 4.61. The topological polar surface area (TPSA) is 55.1 Å². The molecule has 1 aromatic heterocycles. The lowest BCUT2D eigenvalue weighted by Gasteiger charge is -2.12. The molecular weight excluding hydrogens is 312 g/mol. The third-order valence-corrected chi connectivity index (χ3v) is 4.02. The summed E-state index contributed by atoms with van der Waals surface area (Å²) in [5.74, 6) is 1.07. The van der Waals surface area contributed by atoms with Gasteiger partial charge in [0.25, 0.3) is 0 Å². The molecule has 0 aliphatic heterocycles. The molecule has 0 fully saturated rings. The number of aryl methyl sites for hydroxylation is 1. The normalized spacial score (nSPS) is 10.2. The minimum atomic E-state index is 0.318. The number of nitrogens with zero attached hydrogens (tertiary/aromatic N) is 2. The summed E-state index contributed by atoms with van der Waals surface area (Å²) < 4.78 is 10.7. The van der Waals surface area contributed by atoms with Crippen LogP contribution in [0.1, 0.15) is 11.1 Å². The first-order valence-corrected chi connectivity index (χ1v) is 7.87. The van der Waals surface area contributed by atoms with Crippen molar-refractivity contribution < 1.29 is 9.47 Å². The fourth-order valence-corrected chi connectivity index (χ4v) is 2.67. The van der Waals surface area contributed by atoms with E-state index in [0.717, 1.165) is 33.7 Å². The summed E-state index contributed by atoms with van der Waals surface area (Å²) >= 11 is 0. The number of hydrogen-bond acceptors (Lipinski definition) is 4. The predicted molar refractivity (Wildman–Crippen MR) is 97.7 cm³/mol. The fraction of sp³-hybridized carbons (Fsp3) is 0.143. The zero-order chi connectivity index (χ0) is 17.8. The van der Waals surface area contributed by atoms with Crippen molar-refractivity contribution in [3.05, 3.63) is 65.7 Å². The van der Waals surface area contributed by atoms with Gasteiger partial charge in [-0.3, -0.25) is 0 Å². The van der Waals surface area contributed by atoms with Gasteiger partial charge in [0.05, 0.1) is 19.9 Å². The number of benzene rings is 2. The first-order chi connectivity index (χ1) is 12.2. The second-order valence-electron chi connectivity index (χ2n) is 5.65. The van der Waals surface area contributed by atoms with Gasteiger partial charge in [0.1, 0.15) is 17.4 Å². The van der Waals surface area contributed by atoms with Gasteiger partial charge < -0.3 is 9.47 Å². The summed E-state index contributed by atoms with van der Waals surface area (Å²) in [6.45, 7) is 2.03. The van der Waals surface area contributed by atoms with E-state index in [1.165, 1.54) is 7.11 Å². The van der Waals surface area contributed by atoms with Crippen LogP contribution in [0.4, 0.5) is 0 Å². The highest BCUT2D eigenvalue weighted by molar-refractivity contribution is 5.78. The minimum absolute atomic E-state index is 0.318. The standard InChI is InChI=1S/C21H18N2O2/c1-14-7-9-15(10-8-14)18-12-20(23-21(25-3)19(18)13-22)16-5-4-6-17(11-16)24-2/h4-12H,1-3H3. The molecule has 1 heterocycles. The maximum absolute atomic E-state index is 9.60. The van der Waals surface area contributed by atoms with E-state index >= 15 is 0 Å². The molecule has 0 atom stereocenters. The highest BCUT2D eigenvalue weighted by Gasteiger charge is 2.16. The molecule has 0 N–H and O–H groups in total. The van der Waals surface area contributed by atoms with Crippen molar-refractivity contribution in [2.75, 3.05) is 14.2 Å². The third-order valence-electron chi connectivity index (χ3n) is 4.02. The van der Waals surface area contributed by atoms with Gasteiger partial charge in [0.2, 0.25) is 5.88 Å². The van der Waals surface area contributed by atoms with Crippen molar-refractivity contribution in [2.24, 2.45) is 0 Å². The molecule has 0 aliphatic carbocycles. The van der Waals surface area contributed by atoms with Gasteiger partial charge in [0, 0.05) is 11.1 Å². The molecule has 2 aromatic carbocycles. The lowest BCUT2D eigenvalue weighted by atomic mass is 9.98. The molecule has 0 bridgehead atoms. The van der Waals surface area contributed by atoms with E-state index < -0.39 is 0 Å². The number of aromatic nitrogens is 1. The van der Waals surface area contributed by atoms with Crippen molar-refractivity contribution in [1.29, 1.82) is 5.26 Å². The highest BCUT2D eigenvalue weighted by Crippen LogP contribution is 2.34. The van der Waals surface area contributed by atoms with Gasteiger partial charge in [-0.15, -0.1) is 0 Å². The Bertz CT molecular complexity index is 941. The van der Waals surface area contributed by atoms with Crippen LogP contribution in [0, 0.1) is 18.3 Å². The average Bonchev–Trinajstić information content (AvgIpc) is 2.67. The van der Waals surface area contributed by atoms with Gasteiger partial charge in [-0.1, -0.05) is 42.0 Å². The fourth-order valence-electron chi connectivity index (χ4n) is 2.67. The molecule has 0 saturated heterocycles. The quantitative estimate of drug-likeness (QED) is 0.701. The monoisotopic (exact) mass is 330 g/mol. The first kappa shape index (κ1) is 16.5. The summed E-state index contributed by atoms with van der Waals surface area (Å²) in [6.07, 6.45) is 0. The highest BCUT2D eigenvalue weighted by atomic mass is 16.5. The number of pyridine rings is 1. The van der Waals surface area contributed by atoms with Gasteiger partial charge in [-0.2, -0.15) is 5.26 Å². The maximum atomic E-state index is 9.60. The van der Waals surface area contributed by atoms with Gasteiger partial charge in [-0.05, 0) is 30.7 Å². The molecule has 124 valence electrons. The Kier molecular flexibility index (Phi) is 4.67. The summed E-state index contributed by atoms with van der Waals surface area (Å²) in [6, 6.07) is 19.8. The number of hydrogen-bond donors (Lipinski definition) is 0. The van der Waals surface area contributed by atoms with E-state index in [2.05, 4.69) is 11.1 Å². The molecule has 25 heavy (non-hydrogen) atoms. The molecule has 0 spiro atoms. The van der Waals surface area contributed by atoms with Gasteiger partial charge in [-0.25, -0.2) is 4.98 Å². The van der Waals surface area contributed by atoms with Crippen molar-refractivity contribution in [3.63, 3.8) is 0 Å². The van der Waals surface area contributed by atoms with Gasteiger partial charge in [0.15, 0.2) is 0 Å².